The molecule has 0 saturated carbocycles. The summed E-state index contributed by atoms with van der Waals surface area (Å²) in [5.74, 6) is -5.38. The summed E-state index contributed by atoms with van der Waals surface area (Å²) in [6.45, 7) is -0.866. The Kier molecular flexibility index (Phi) is 9.40. The summed E-state index contributed by atoms with van der Waals surface area (Å²) >= 11 is 5.42. The summed E-state index contributed by atoms with van der Waals surface area (Å²) in [5.41, 5.74) is 0.668. The number of hydrogen-bond acceptors (Lipinski definition) is 10. The molecule has 1 aromatic carbocycles. The average Bonchev–Trinajstić information content (AvgIpc) is 3.04. The zero-order valence-corrected chi connectivity index (χ0v) is 22.6. The van der Waals surface area contributed by atoms with Gasteiger partial charge in [0.15, 0.2) is 11.7 Å². The molecule has 3 rings (SSSR count). The number of para-hydroxylation sites is 1. The number of carbonyl (C=O) groups is 1. The average molecular weight is 599 g/mol. The standard InChI is InChI=1S/C22H27F4N4O7PS/c1-12(2)35-16(31)13(3)29-38(39,37-14-7-5-4-6-8-14)34-11-21(18(23)24)17(32)22(25,26)19(36-21)30-10-9-15(27)28-20(30)33/h4-10,12-13,17-19,32H,11H2,1-3H3,(H,29,39)(H2,27,28,33). The molecule has 0 amide bonds. The van der Waals surface area contributed by atoms with Crippen molar-refractivity contribution in [2.24, 2.45) is 0 Å². The maximum Gasteiger partial charge on any atom is 0.351 e. The number of benzene rings is 1. The maximum absolute atomic E-state index is 15.1. The van der Waals surface area contributed by atoms with Gasteiger partial charge in [0, 0.05) is 6.20 Å². The van der Waals surface area contributed by atoms with Crippen molar-refractivity contribution in [1.29, 1.82) is 0 Å². The highest BCUT2D eigenvalue weighted by atomic mass is 32.5. The molecule has 1 aliphatic rings. The van der Waals surface area contributed by atoms with E-state index in [2.05, 4.69) is 10.1 Å². The van der Waals surface area contributed by atoms with Crippen LogP contribution in [-0.2, 0) is 30.6 Å². The van der Waals surface area contributed by atoms with Gasteiger partial charge in [0.05, 0.1) is 12.7 Å². The quantitative estimate of drug-likeness (QED) is 0.199. The Labute approximate surface area is 225 Å². The molecule has 2 aromatic rings. The highest BCUT2D eigenvalue weighted by Gasteiger charge is 2.71. The Morgan fingerprint density at radius 3 is 2.49 bits per heavy atom. The van der Waals surface area contributed by atoms with Gasteiger partial charge in [-0.3, -0.25) is 9.36 Å². The monoisotopic (exact) mass is 598 g/mol. The molecule has 1 aliphatic heterocycles. The Bertz CT molecular complexity index is 1270. The minimum absolute atomic E-state index is 0.111. The Hall–Kier alpha value is -2.62. The summed E-state index contributed by atoms with van der Waals surface area (Å²) in [6.07, 6.45) is -9.34. The van der Waals surface area contributed by atoms with Crippen LogP contribution in [0.15, 0.2) is 47.4 Å². The van der Waals surface area contributed by atoms with E-state index in [9.17, 15) is 23.5 Å². The third-order valence-corrected chi connectivity index (χ3v) is 7.93. The molecule has 216 valence electrons. The zero-order valence-electron chi connectivity index (χ0n) is 20.9. The van der Waals surface area contributed by atoms with Gasteiger partial charge >= 0.3 is 24.2 Å². The van der Waals surface area contributed by atoms with E-state index in [4.69, 9.17) is 36.1 Å². The number of alkyl halides is 4. The second-order valence-electron chi connectivity index (χ2n) is 8.86. The van der Waals surface area contributed by atoms with Crippen LogP contribution in [0.1, 0.15) is 27.0 Å². The molecule has 2 heterocycles. The SMILES string of the molecule is CC(C)OC(=O)C(C)NP(=S)(OCC1(C(F)F)OC(n2ccc(N)nc2=O)C(F)(F)C1O)Oc1ccccc1. The van der Waals surface area contributed by atoms with Gasteiger partial charge in [-0.25, -0.2) is 18.7 Å². The molecule has 5 atom stereocenters. The highest BCUT2D eigenvalue weighted by molar-refractivity contribution is 8.09. The summed E-state index contributed by atoms with van der Waals surface area (Å²) in [4.78, 5) is 27.8. The third kappa shape index (κ3) is 6.76. The number of carbonyl (C=O) groups excluding carboxylic acids is 1. The molecule has 1 aromatic heterocycles. The van der Waals surface area contributed by atoms with Gasteiger partial charge in [-0.15, -0.1) is 0 Å². The van der Waals surface area contributed by atoms with E-state index < -0.39 is 67.3 Å². The number of nitrogen functional groups attached to an aromatic ring is 1. The summed E-state index contributed by atoms with van der Waals surface area (Å²) < 4.78 is 80.5. The lowest BCUT2D eigenvalue weighted by Gasteiger charge is -2.34. The van der Waals surface area contributed by atoms with Crippen LogP contribution in [0.25, 0.3) is 0 Å². The van der Waals surface area contributed by atoms with Crippen LogP contribution in [0.2, 0.25) is 0 Å². The van der Waals surface area contributed by atoms with E-state index >= 15 is 8.78 Å². The molecular weight excluding hydrogens is 571 g/mol. The lowest BCUT2D eigenvalue weighted by Crippen LogP contribution is -2.54. The van der Waals surface area contributed by atoms with Gasteiger partial charge in [0.1, 0.15) is 17.6 Å². The molecule has 11 nitrogen and oxygen atoms in total. The smallest absolute Gasteiger partial charge is 0.351 e. The number of nitrogens with zero attached hydrogens (tertiary/aromatic N) is 2. The fraction of sp³-hybridized carbons (Fsp3) is 0.500. The predicted octanol–water partition coefficient (Wildman–Crippen LogP) is 2.60. The topological polar surface area (TPSA) is 147 Å². The summed E-state index contributed by atoms with van der Waals surface area (Å²) in [7, 11) is 0. The number of ether oxygens (including phenoxy) is 2. The molecule has 4 N–H and O–H groups in total. The highest BCUT2D eigenvalue weighted by Crippen LogP contribution is 2.53. The van der Waals surface area contributed by atoms with Crippen LogP contribution in [0, 0.1) is 0 Å². The Morgan fingerprint density at radius 2 is 1.92 bits per heavy atom. The van der Waals surface area contributed by atoms with Crippen LogP contribution in [0.5, 0.6) is 5.75 Å². The number of aromatic nitrogens is 2. The molecule has 0 aliphatic carbocycles. The molecular formula is C22H27F4N4O7PS. The molecule has 0 spiro atoms. The molecule has 0 radical (unpaired) electrons. The number of aliphatic hydroxyl groups excluding tert-OH is 1. The van der Waals surface area contributed by atoms with Crippen molar-refractivity contribution < 1.29 is 46.0 Å². The lowest BCUT2D eigenvalue weighted by molar-refractivity contribution is -0.192. The van der Waals surface area contributed by atoms with Gasteiger partial charge in [-0.1, -0.05) is 18.2 Å². The third-order valence-electron chi connectivity index (χ3n) is 5.45. The van der Waals surface area contributed by atoms with Crippen molar-refractivity contribution >= 4 is 30.2 Å². The number of nitrogens with two attached hydrogens (primary N) is 1. The van der Waals surface area contributed by atoms with Gasteiger partial charge < -0.3 is 29.4 Å². The van der Waals surface area contributed by atoms with Crippen LogP contribution >= 0.6 is 6.64 Å². The van der Waals surface area contributed by atoms with Crippen LogP contribution in [0.4, 0.5) is 23.4 Å². The second kappa shape index (κ2) is 11.9. The summed E-state index contributed by atoms with van der Waals surface area (Å²) in [6, 6.07) is 7.50. The van der Waals surface area contributed by atoms with E-state index in [1.165, 1.54) is 19.1 Å². The van der Waals surface area contributed by atoms with Gasteiger partial charge in [-0.05, 0) is 50.8 Å². The summed E-state index contributed by atoms with van der Waals surface area (Å²) in [5, 5.41) is 13.0. The number of halogens is 4. The number of hydrogen-bond donors (Lipinski definition) is 3. The number of esters is 1. The minimum atomic E-state index is -4.41. The van der Waals surface area contributed by atoms with E-state index in [0.717, 1.165) is 12.3 Å². The first kappa shape index (κ1) is 30.9. The number of nitrogens with one attached hydrogen (secondary N) is 1. The van der Waals surface area contributed by atoms with Crippen molar-refractivity contribution in [3.8, 4) is 5.75 Å². The maximum atomic E-state index is 15.1. The zero-order chi connectivity index (χ0) is 29.2. The molecule has 39 heavy (non-hydrogen) atoms. The largest absolute Gasteiger partial charge is 0.462 e. The molecule has 17 heteroatoms. The van der Waals surface area contributed by atoms with E-state index in [0.29, 0.717) is 0 Å². The molecule has 1 saturated heterocycles. The number of rotatable bonds is 11. The van der Waals surface area contributed by atoms with Crippen LogP contribution in [-0.4, -0.2) is 63.4 Å². The minimum Gasteiger partial charge on any atom is -0.462 e. The van der Waals surface area contributed by atoms with Crippen molar-refractivity contribution in [2.45, 2.75) is 63.2 Å². The Balaban J connectivity index is 1.94. The van der Waals surface area contributed by atoms with E-state index in [1.54, 1.807) is 32.0 Å². The van der Waals surface area contributed by atoms with E-state index in [1.807, 2.05) is 0 Å². The van der Waals surface area contributed by atoms with Crippen molar-refractivity contribution in [3.63, 3.8) is 0 Å². The van der Waals surface area contributed by atoms with Crippen molar-refractivity contribution in [2.75, 3.05) is 12.3 Å². The number of anilines is 1. The predicted molar refractivity (Wildman–Crippen MR) is 134 cm³/mol. The van der Waals surface area contributed by atoms with Crippen LogP contribution in [0.3, 0.4) is 0 Å². The molecule has 1 fully saturated rings. The van der Waals surface area contributed by atoms with Crippen molar-refractivity contribution in [3.05, 3.63) is 53.1 Å². The van der Waals surface area contributed by atoms with Crippen LogP contribution < -0.4 is 21.0 Å². The fourth-order valence-electron chi connectivity index (χ4n) is 3.53. The number of aliphatic hydroxyl groups is 1. The fourth-order valence-corrected chi connectivity index (χ4v) is 5.95. The first-order chi connectivity index (χ1) is 18.1. The first-order valence-corrected chi connectivity index (χ1v) is 14.1. The van der Waals surface area contributed by atoms with Gasteiger partial charge in [-0.2, -0.15) is 13.8 Å². The molecule has 0 bridgehead atoms. The van der Waals surface area contributed by atoms with Gasteiger partial charge in [0.25, 0.3) is 6.43 Å². The van der Waals surface area contributed by atoms with Crippen molar-refractivity contribution in [1.82, 2.24) is 14.6 Å². The molecule has 5 unspecified atom stereocenters. The van der Waals surface area contributed by atoms with Gasteiger partial charge in [0.2, 0.25) is 6.23 Å². The normalized spacial score (nSPS) is 24.9. The Morgan fingerprint density at radius 1 is 1.28 bits per heavy atom. The van der Waals surface area contributed by atoms with E-state index in [-0.39, 0.29) is 16.1 Å². The second-order valence-corrected chi connectivity index (χ2v) is 12.0. The first-order valence-electron chi connectivity index (χ1n) is 11.5. The lowest BCUT2D eigenvalue weighted by atomic mass is 9.96.